The van der Waals surface area contributed by atoms with Gasteiger partial charge in [-0.25, -0.2) is 4.68 Å². The van der Waals surface area contributed by atoms with E-state index in [1.54, 1.807) is 4.68 Å². The highest BCUT2D eigenvalue weighted by Crippen LogP contribution is 2.09. The molecule has 0 atom stereocenters. The molecule has 0 aliphatic rings. The zero-order valence-electron chi connectivity index (χ0n) is 11.4. The van der Waals surface area contributed by atoms with Crippen LogP contribution >= 0.6 is 12.6 Å². The Balaban J connectivity index is 2.19. The quantitative estimate of drug-likeness (QED) is 0.794. The third-order valence-corrected chi connectivity index (χ3v) is 3.18. The van der Waals surface area contributed by atoms with Crippen molar-refractivity contribution < 1.29 is 4.79 Å². The van der Waals surface area contributed by atoms with Gasteiger partial charge in [0.1, 0.15) is 0 Å². The molecule has 1 heterocycles. The number of rotatable bonds is 6. The predicted octanol–water partition coefficient (Wildman–Crippen LogP) is 1.55. The number of carbonyl (C=O) groups excluding carboxylic acids is 1. The van der Waals surface area contributed by atoms with E-state index < -0.39 is 0 Å². The second-order valence-electron chi connectivity index (χ2n) is 4.36. The first-order chi connectivity index (χ1) is 9.76. The second-order valence-corrected chi connectivity index (χ2v) is 4.81. The Kier molecular flexibility index (Phi) is 5.17. The lowest BCUT2D eigenvalue weighted by Crippen LogP contribution is -2.26. The summed E-state index contributed by atoms with van der Waals surface area (Å²) < 4.78 is 1.78. The molecule has 0 fully saturated rings. The van der Waals surface area contributed by atoms with Crippen molar-refractivity contribution in [3.05, 3.63) is 47.3 Å². The molecule has 0 spiro atoms. The van der Waals surface area contributed by atoms with Crippen molar-refractivity contribution in [1.29, 1.82) is 0 Å². The van der Waals surface area contributed by atoms with E-state index in [4.69, 9.17) is 0 Å². The topological polar surface area (TPSA) is 59.8 Å². The summed E-state index contributed by atoms with van der Waals surface area (Å²) >= 11 is 4.07. The second kappa shape index (κ2) is 7.09. The minimum Gasteiger partial charge on any atom is -0.350 e. The van der Waals surface area contributed by atoms with Crippen molar-refractivity contribution in [3.63, 3.8) is 0 Å². The molecule has 6 heteroatoms. The van der Waals surface area contributed by atoms with Crippen LogP contribution in [0.4, 0.5) is 0 Å². The summed E-state index contributed by atoms with van der Waals surface area (Å²) in [6.45, 7) is 3.14. The molecule has 0 saturated carbocycles. The van der Waals surface area contributed by atoms with Crippen molar-refractivity contribution in [1.82, 2.24) is 20.3 Å². The fraction of sp³-hybridized carbons (Fsp3) is 0.357. The number of amides is 1. The van der Waals surface area contributed by atoms with Crippen molar-refractivity contribution >= 4 is 18.5 Å². The monoisotopic (exact) mass is 290 g/mol. The molecule has 106 valence electrons. The van der Waals surface area contributed by atoms with Crippen LogP contribution in [0.25, 0.3) is 0 Å². The molecule has 20 heavy (non-hydrogen) atoms. The highest BCUT2D eigenvalue weighted by Gasteiger charge is 2.17. The largest absolute Gasteiger partial charge is 0.350 e. The standard InChI is InChI=1S/C14H18N4OS/c1-2-12-13(14(19)15-8-9-20)16-17-18(12)10-11-6-4-3-5-7-11/h3-7,20H,2,8-10H2,1H3,(H,15,19). The minimum absolute atomic E-state index is 0.185. The van der Waals surface area contributed by atoms with Gasteiger partial charge in [0.25, 0.3) is 5.91 Å². The van der Waals surface area contributed by atoms with E-state index in [2.05, 4.69) is 28.3 Å². The Hall–Kier alpha value is -1.82. The van der Waals surface area contributed by atoms with Crippen molar-refractivity contribution in [3.8, 4) is 0 Å². The zero-order chi connectivity index (χ0) is 14.4. The van der Waals surface area contributed by atoms with E-state index in [1.807, 2.05) is 37.3 Å². The average molecular weight is 290 g/mol. The van der Waals surface area contributed by atoms with E-state index in [1.165, 1.54) is 0 Å². The number of hydrogen-bond acceptors (Lipinski definition) is 4. The molecular formula is C14H18N4OS. The van der Waals surface area contributed by atoms with Crippen LogP contribution in [0.15, 0.2) is 30.3 Å². The lowest BCUT2D eigenvalue weighted by atomic mass is 10.2. The van der Waals surface area contributed by atoms with Crippen LogP contribution < -0.4 is 5.32 Å². The number of nitrogens with zero attached hydrogens (tertiary/aromatic N) is 3. The molecule has 1 amide bonds. The maximum Gasteiger partial charge on any atom is 0.273 e. The molecule has 5 nitrogen and oxygen atoms in total. The Morgan fingerprint density at radius 2 is 2.10 bits per heavy atom. The average Bonchev–Trinajstić information content (AvgIpc) is 2.88. The van der Waals surface area contributed by atoms with Gasteiger partial charge in [-0.15, -0.1) is 5.10 Å². The SMILES string of the molecule is CCc1c(C(=O)NCCS)nnn1Cc1ccccc1. The Morgan fingerprint density at radius 1 is 1.35 bits per heavy atom. The summed E-state index contributed by atoms with van der Waals surface area (Å²) in [5.41, 5.74) is 2.39. The smallest absolute Gasteiger partial charge is 0.273 e. The maximum atomic E-state index is 12.0. The number of benzene rings is 1. The maximum absolute atomic E-state index is 12.0. The van der Waals surface area contributed by atoms with Gasteiger partial charge in [-0.1, -0.05) is 42.5 Å². The number of aromatic nitrogens is 3. The van der Waals surface area contributed by atoms with Crippen LogP contribution in [0.5, 0.6) is 0 Å². The van der Waals surface area contributed by atoms with Gasteiger partial charge < -0.3 is 5.32 Å². The lowest BCUT2D eigenvalue weighted by molar-refractivity contribution is 0.0950. The fourth-order valence-corrected chi connectivity index (χ4v) is 2.11. The van der Waals surface area contributed by atoms with Crippen molar-refractivity contribution in [2.75, 3.05) is 12.3 Å². The lowest BCUT2D eigenvalue weighted by Gasteiger charge is -2.06. The van der Waals surface area contributed by atoms with Crippen LogP contribution in [0.3, 0.4) is 0 Å². The highest BCUT2D eigenvalue weighted by atomic mass is 32.1. The molecule has 0 unspecified atom stereocenters. The normalized spacial score (nSPS) is 10.5. The zero-order valence-corrected chi connectivity index (χ0v) is 12.3. The first-order valence-electron chi connectivity index (χ1n) is 6.61. The fourth-order valence-electron chi connectivity index (χ4n) is 2.00. The molecule has 0 aliphatic carbocycles. The van der Waals surface area contributed by atoms with Gasteiger partial charge in [0, 0.05) is 12.3 Å². The predicted molar refractivity (Wildman–Crippen MR) is 81.1 cm³/mol. The molecule has 0 aliphatic heterocycles. The number of hydrogen-bond donors (Lipinski definition) is 2. The van der Waals surface area contributed by atoms with Crippen LogP contribution in [0.2, 0.25) is 0 Å². The summed E-state index contributed by atoms with van der Waals surface area (Å²) in [6, 6.07) is 10.0. The van der Waals surface area contributed by atoms with Crippen molar-refractivity contribution in [2.24, 2.45) is 0 Å². The molecular weight excluding hydrogens is 272 g/mol. The van der Waals surface area contributed by atoms with E-state index >= 15 is 0 Å². The molecule has 2 rings (SSSR count). The Bertz CT molecular complexity index is 568. The Morgan fingerprint density at radius 3 is 2.75 bits per heavy atom. The van der Waals surface area contributed by atoms with Crippen LogP contribution in [0.1, 0.15) is 28.7 Å². The Labute approximate surface area is 123 Å². The summed E-state index contributed by atoms with van der Waals surface area (Å²) in [5, 5.41) is 10.9. The third-order valence-electron chi connectivity index (χ3n) is 2.96. The number of thiol groups is 1. The molecule has 0 bridgehead atoms. The summed E-state index contributed by atoms with van der Waals surface area (Å²) in [5.74, 6) is 0.418. The highest BCUT2D eigenvalue weighted by molar-refractivity contribution is 7.80. The van der Waals surface area contributed by atoms with Crippen LogP contribution in [-0.4, -0.2) is 33.2 Å². The van der Waals surface area contributed by atoms with Gasteiger partial charge in [-0.3, -0.25) is 4.79 Å². The van der Waals surface area contributed by atoms with Crippen LogP contribution in [0, 0.1) is 0 Å². The van der Waals surface area contributed by atoms with Crippen LogP contribution in [-0.2, 0) is 13.0 Å². The van der Waals surface area contributed by atoms with Gasteiger partial charge in [0.05, 0.1) is 12.2 Å². The number of nitrogens with one attached hydrogen (secondary N) is 1. The van der Waals surface area contributed by atoms with Gasteiger partial charge in [0.2, 0.25) is 0 Å². The molecule has 2 aromatic rings. The van der Waals surface area contributed by atoms with E-state index in [-0.39, 0.29) is 5.91 Å². The first-order valence-corrected chi connectivity index (χ1v) is 7.24. The molecule has 1 aromatic carbocycles. The van der Waals surface area contributed by atoms with E-state index in [0.29, 0.717) is 31.0 Å². The summed E-state index contributed by atoms with van der Waals surface area (Å²) in [6.07, 6.45) is 0.712. The van der Waals surface area contributed by atoms with E-state index in [0.717, 1.165) is 11.3 Å². The molecule has 0 radical (unpaired) electrons. The summed E-state index contributed by atoms with van der Waals surface area (Å²) in [4.78, 5) is 12.0. The first kappa shape index (κ1) is 14.6. The van der Waals surface area contributed by atoms with Gasteiger partial charge >= 0.3 is 0 Å². The third kappa shape index (κ3) is 3.39. The molecule has 1 aromatic heterocycles. The van der Waals surface area contributed by atoms with Crippen molar-refractivity contribution in [2.45, 2.75) is 19.9 Å². The molecule has 0 saturated heterocycles. The van der Waals surface area contributed by atoms with Gasteiger partial charge in [-0.2, -0.15) is 12.6 Å². The molecule has 1 N–H and O–H groups in total. The van der Waals surface area contributed by atoms with Gasteiger partial charge in [-0.05, 0) is 12.0 Å². The minimum atomic E-state index is -0.185. The summed E-state index contributed by atoms with van der Waals surface area (Å²) in [7, 11) is 0. The number of carbonyl (C=O) groups is 1. The van der Waals surface area contributed by atoms with Gasteiger partial charge in [0.15, 0.2) is 5.69 Å². The van der Waals surface area contributed by atoms with E-state index in [9.17, 15) is 4.79 Å².